The molecule has 2 aliphatic rings. The smallest absolute Gasteiger partial charge is 0.109 e. The molecule has 2 atom stereocenters. The third-order valence-corrected chi connectivity index (χ3v) is 4.64. The third kappa shape index (κ3) is 1.55. The highest BCUT2D eigenvalue weighted by Gasteiger charge is 2.44. The van der Waals surface area contributed by atoms with Crippen LogP contribution in [-0.2, 0) is 16.8 Å². The van der Waals surface area contributed by atoms with Crippen LogP contribution in [0.2, 0.25) is 0 Å². The normalized spacial score (nSPS) is 34.6. The number of hydrogen-bond acceptors (Lipinski definition) is 2. The highest BCUT2D eigenvalue weighted by molar-refractivity contribution is 14.1. The minimum absolute atomic E-state index is 0.0103. The summed E-state index contributed by atoms with van der Waals surface area (Å²) in [5.41, 5.74) is 1.34. The van der Waals surface area contributed by atoms with Crippen LogP contribution in [0.1, 0.15) is 37.0 Å². The minimum Gasteiger partial charge on any atom is -0.469 e. The van der Waals surface area contributed by atoms with Gasteiger partial charge in [0.1, 0.15) is 5.76 Å². The number of hydrogen-bond donors (Lipinski definition) is 0. The quantitative estimate of drug-likeness (QED) is 0.585. The summed E-state index contributed by atoms with van der Waals surface area (Å²) >= 11 is 2.42. The molecule has 3 rings (SSSR count). The molecule has 0 N–H and O–H groups in total. The fourth-order valence-electron chi connectivity index (χ4n) is 2.93. The van der Waals surface area contributed by atoms with Crippen LogP contribution in [-0.4, -0.2) is 10.5 Å². The molecule has 2 heterocycles. The van der Waals surface area contributed by atoms with Gasteiger partial charge in [-0.05, 0) is 31.7 Å². The molecule has 1 aliphatic heterocycles. The summed E-state index contributed by atoms with van der Waals surface area (Å²) in [6.07, 6.45) is 8.11. The fourth-order valence-corrected chi connectivity index (χ4v) is 3.55. The fraction of sp³-hybridized carbons (Fsp3) is 0.667. The van der Waals surface area contributed by atoms with Crippen LogP contribution in [0.25, 0.3) is 0 Å². The van der Waals surface area contributed by atoms with E-state index < -0.39 is 0 Å². The van der Waals surface area contributed by atoms with Crippen LogP contribution in [0.5, 0.6) is 0 Å². The Bertz CT molecular complexity index is 360. The number of ether oxygens (including phenoxy) is 1. The van der Waals surface area contributed by atoms with E-state index in [2.05, 4.69) is 28.7 Å². The van der Waals surface area contributed by atoms with Crippen molar-refractivity contribution in [1.82, 2.24) is 0 Å². The molecule has 2 nitrogen and oxygen atoms in total. The second-order valence-electron chi connectivity index (χ2n) is 4.54. The maximum absolute atomic E-state index is 6.26. The lowest BCUT2D eigenvalue weighted by Gasteiger charge is -2.32. The van der Waals surface area contributed by atoms with E-state index in [9.17, 15) is 0 Å². The van der Waals surface area contributed by atoms with Gasteiger partial charge in [-0.25, -0.2) is 0 Å². The zero-order chi connectivity index (χ0) is 10.3. The summed E-state index contributed by atoms with van der Waals surface area (Å²) < 4.78 is 12.9. The SMILES string of the molecule is ICC1CCC2(CCCc3occc32)O1. The first-order valence-electron chi connectivity index (χ1n) is 5.65. The van der Waals surface area contributed by atoms with Crippen molar-refractivity contribution in [2.45, 2.75) is 43.8 Å². The van der Waals surface area contributed by atoms with Crippen LogP contribution in [0.15, 0.2) is 16.7 Å². The third-order valence-electron chi connectivity index (χ3n) is 3.66. The van der Waals surface area contributed by atoms with Crippen LogP contribution >= 0.6 is 22.6 Å². The standard InChI is InChI=1S/C12H15IO2/c13-8-9-3-6-12(15-9)5-1-2-11-10(12)4-7-14-11/h4,7,9H,1-3,5-6,8H2. The van der Waals surface area contributed by atoms with Gasteiger partial charge in [-0.1, -0.05) is 22.6 Å². The molecule has 1 fully saturated rings. The number of aryl methyl sites for hydroxylation is 1. The topological polar surface area (TPSA) is 22.4 Å². The summed E-state index contributed by atoms with van der Waals surface area (Å²) in [7, 11) is 0. The van der Waals surface area contributed by atoms with Crippen molar-refractivity contribution in [3.05, 3.63) is 23.7 Å². The molecule has 1 aromatic rings. The van der Waals surface area contributed by atoms with Gasteiger partial charge in [-0.15, -0.1) is 0 Å². The predicted molar refractivity (Wildman–Crippen MR) is 66.3 cm³/mol. The zero-order valence-corrected chi connectivity index (χ0v) is 10.8. The monoisotopic (exact) mass is 318 g/mol. The Labute approximate surface area is 104 Å². The van der Waals surface area contributed by atoms with E-state index in [1.807, 2.05) is 6.26 Å². The van der Waals surface area contributed by atoms with E-state index in [1.54, 1.807) is 0 Å². The van der Waals surface area contributed by atoms with E-state index in [4.69, 9.17) is 9.15 Å². The Morgan fingerprint density at radius 2 is 2.40 bits per heavy atom. The van der Waals surface area contributed by atoms with E-state index in [-0.39, 0.29) is 5.60 Å². The highest BCUT2D eigenvalue weighted by atomic mass is 127. The van der Waals surface area contributed by atoms with Crippen molar-refractivity contribution >= 4 is 22.6 Å². The van der Waals surface area contributed by atoms with E-state index in [1.165, 1.54) is 31.2 Å². The summed E-state index contributed by atoms with van der Waals surface area (Å²) in [4.78, 5) is 0. The Morgan fingerprint density at radius 3 is 3.20 bits per heavy atom. The van der Waals surface area contributed by atoms with Crippen molar-refractivity contribution in [2.24, 2.45) is 0 Å². The van der Waals surface area contributed by atoms with E-state index in [0.717, 1.165) is 16.6 Å². The Balaban J connectivity index is 1.95. The average molecular weight is 318 g/mol. The van der Waals surface area contributed by atoms with Gasteiger partial charge in [-0.2, -0.15) is 0 Å². The summed E-state index contributed by atoms with van der Waals surface area (Å²) in [5, 5.41) is 0. The van der Waals surface area contributed by atoms with Gasteiger partial charge in [0.25, 0.3) is 0 Å². The Kier molecular flexibility index (Phi) is 2.55. The number of rotatable bonds is 1. The molecule has 1 aliphatic carbocycles. The molecule has 0 amide bonds. The van der Waals surface area contributed by atoms with Crippen molar-refractivity contribution < 1.29 is 9.15 Å². The molecule has 3 heteroatoms. The largest absolute Gasteiger partial charge is 0.469 e. The van der Waals surface area contributed by atoms with Crippen LogP contribution in [0.3, 0.4) is 0 Å². The lowest BCUT2D eigenvalue weighted by Crippen LogP contribution is -2.30. The van der Waals surface area contributed by atoms with Crippen molar-refractivity contribution in [3.63, 3.8) is 0 Å². The molecule has 1 aromatic heterocycles. The van der Waals surface area contributed by atoms with Gasteiger partial charge < -0.3 is 9.15 Å². The van der Waals surface area contributed by atoms with Gasteiger partial charge in [0.2, 0.25) is 0 Å². The molecule has 2 unspecified atom stereocenters. The second-order valence-corrected chi connectivity index (χ2v) is 5.42. The lowest BCUT2D eigenvalue weighted by molar-refractivity contribution is -0.0485. The number of halogens is 1. The van der Waals surface area contributed by atoms with Crippen molar-refractivity contribution in [1.29, 1.82) is 0 Å². The second kappa shape index (κ2) is 3.77. The Hall–Kier alpha value is -0.0300. The van der Waals surface area contributed by atoms with E-state index >= 15 is 0 Å². The van der Waals surface area contributed by atoms with Gasteiger partial charge in [0, 0.05) is 16.4 Å². The summed E-state index contributed by atoms with van der Waals surface area (Å²) in [6.45, 7) is 0. The molecule has 1 saturated heterocycles. The molecule has 0 radical (unpaired) electrons. The number of furan rings is 1. The molecule has 15 heavy (non-hydrogen) atoms. The predicted octanol–water partition coefficient (Wildman–Crippen LogP) is 3.43. The molecule has 1 spiro atoms. The lowest BCUT2D eigenvalue weighted by atomic mass is 9.81. The molecule has 0 bridgehead atoms. The molecule has 0 aromatic carbocycles. The maximum Gasteiger partial charge on any atom is 0.109 e. The Morgan fingerprint density at radius 1 is 1.47 bits per heavy atom. The van der Waals surface area contributed by atoms with E-state index in [0.29, 0.717) is 6.10 Å². The summed E-state index contributed by atoms with van der Waals surface area (Å²) in [6, 6.07) is 2.12. The number of alkyl halides is 1. The van der Waals surface area contributed by atoms with Crippen LogP contribution in [0.4, 0.5) is 0 Å². The van der Waals surface area contributed by atoms with Gasteiger partial charge in [0.05, 0.1) is 18.0 Å². The zero-order valence-electron chi connectivity index (χ0n) is 8.67. The minimum atomic E-state index is 0.0103. The number of fused-ring (bicyclic) bond motifs is 2. The summed E-state index contributed by atoms with van der Waals surface area (Å²) in [5.74, 6) is 1.16. The molecular weight excluding hydrogens is 303 g/mol. The first-order chi connectivity index (χ1) is 7.34. The first-order valence-corrected chi connectivity index (χ1v) is 7.17. The van der Waals surface area contributed by atoms with Crippen molar-refractivity contribution in [3.8, 4) is 0 Å². The van der Waals surface area contributed by atoms with Gasteiger partial charge in [-0.3, -0.25) is 0 Å². The van der Waals surface area contributed by atoms with Gasteiger partial charge >= 0.3 is 0 Å². The maximum atomic E-state index is 6.26. The van der Waals surface area contributed by atoms with Crippen LogP contribution < -0.4 is 0 Å². The molecular formula is C12H15IO2. The molecule has 82 valence electrons. The van der Waals surface area contributed by atoms with Gasteiger partial charge in [0.15, 0.2) is 0 Å². The first kappa shape index (κ1) is 10.1. The van der Waals surface area contributed by atoms with Crippen LogP contribution in [0, 0.1) is 0 Å². The molecule has 0 saturated carbocycles. The van der Waals surface area contributed by atoms with Crippen molar-refractivity contribution in [2.75, 3.05) is 4.43 Å². The highest BCUT2D eigenvalue weighted by Crippen LogP contribution is 2.47. The average Bonchev–Trinajstić information content (AvgIpc) is 2.86.